The standard InChI is InChI=1S/C36H45FN8O2Si2/c1-48(2,3)20-13-27-8-7-9-28(33(27)37)35-38-14-12-32(42-35)39-31-24-45(25-47-19-21-49(4,5)6)43-34(31)36-40-29-11-10-26(22-30(29)41-36)23-44-15-17-46-18-16-44/h7-12,14,22,24H,15-19,21,23,25H2,1-6H3,(H,40,41)(H,38,39,42). The van der Waals surface area contributed by atoms with E-state index in [1.807, 2.05) is 6.20 Å². The lowest BCUT2D eigenvalue weighted by atomic mass is 10.1. The van der Waals surface area contributed by atoms with Crippen LogP contribution >= 0.6 is 0 Å². The molecule has 0 spiro atoms. The summed E-state index contributed by atoms with van der Waals surface area (Å²) in [5.41, 5.74) is 8.17. The lowest BCUT2D eigenvalue weighted by molar-refractivity contribution is 0.0342. The maximum Gasteiger partial charge on any atom is 0.164 e. The van der Waals surface area contributed by atoms with Gasteiger partial charge in [-0.1, -0.05) is 57.3 Å². The summed E-state index contributed by atoms with van der Waals surface area (Å²) < 4.78 is 28.9. The molecule has 0 bridgehead atoms. The minimum atomic E-state index is -1.68. The van der Waals surface area contributed by atoms with Crippen molar-refractivity contribution in [1.82, 2.24) is 34.6 Å². The fourth-order valence-corrected chi connectivity index (χ4v) is 6.59. The number of H-pyrrole nitrogens is 1. The van der Waals surface area contributed by atoms with Gasteiger partial charge in [0.1, 0.15) is 26.4 Å². The lowest BCUT2D eigenvalue weighted by Crippen LogP contribution is -2.35. The second-order valence-corrected chi connectivity index (χ2v) is 25.0. The van der Waals surface area contributed by atoms with E-state index in [4.69, 9.17) is 24.5 Å². The van der Waals surface area contributed by atoms with Gasteiger partial charge in [-0.25, -0.2) is 24.0 Å². The van der Waals surface area contributed by atoms with E-state index in [0.29, 0.717) is 47.5 Å². The van der Waals surface area contributed by atoms with Crippen molar-refractivity contribution < 1.29 is 13.9 Å². The number of anilines is 2. The van der Waals surface area contributed by atoms with Crippen LogP contribution in [0.15, 0.2) is 54.9 Å². The number of fused-ring (bicyclic) bond motifs is 1. The van der Waals surface area contributed by atoms with E-state index in [-0.39, 0.29) is 5.82 Å². The highest BCUT2D eigenvalue weighted by Crippen LogP contribution is 2.30. The fraction of sp³-hybridized carbons (Fsp3) is 0.389. The van der Waals surface area contributed by atoms with Crippen LogP contribution in [0.5, 0.6) is 0 Å². The number of aromatic amines is 1. The molecule has 0 atom stereocenters. The van der Waals surface area contributed by atoms with Crippen molar-refractivity contribution in [3.8, 4) is 34.4 Å². The number of hydrogen-bond donors (Lipinski definition) is 2. The highest BCUT2D eigenvalue weighted by atomic mass is 28.3. The predicted molar refractivity (Wildman–Crippen MR) is 198 cm³/mol. The number of morpholine rings is 1. The normalized spacial score (nSPS) is 14.2. The molecular weight excluding hydrogens is 652 g/mol. The van der Waals surface area contributed by atoms with E-state index in [1.165, 1.54) is 5.56 Å². The molecule has 4 heterocycles. The Morgan fingerprint density at radius 1 is 1.04 bits per heavy atom. The van der Waals surface area contributed by atoms with Crippen molar-refractivity contribution in [3.05, 3.63) is 71.8 Å². The van der Waals surface area contributed by atoms with Gasteiger partial charge in [-0.2, -0.15) is 5.10 Å². The molecule has 2 N–H and O–H groups in total. The highest BCUT2D eigenvalue weighted by molar-refractivity contribution is 6.83. The molecule has 49 heavy (non-hydrogen) atoms. The zero-order valence-electron chi connectivity index (χ0n) is 29.2. The minimum Gasteiger partial charge on any atom is -0.379 e. The SMILES string of the molecule is C[Si](C)(C)C#Cc1cccc(-c2nccc(Nc3cn(COCC[Si](C)(C)C)nc3-c3nc4cc(CN5CCOCC5)ccc4[nH]3)n2)c1F. The molecule has 0 saturated carbocycles. The molecule has 1 aliphatic heterocycles. The summed E-state index contributed by atoms with van der Waals surface area (Å²) in [4.78, 5) is 19.9. The van der Waals surface area contributed by atoms with Gasteiger partial charge in [0.25, 0.3) is 0 Å². The molecule has 10 nitrogen and oxygen atoms in total. The van der Waals surface area contributed by atoms with Crippen molar-refractivity contribution in [2.24, 2.45) is 0 Å². The van der Waals surface area contributed by atoms with Gasteiger partial charge < -0.3 is 19.8 Å². The van der Waals surface area contributed by atoms with Gasteiger partial charge in [0, 0.05) is 40.5 Å². The van der Waals surface area contributed by atoms with Gasteiger partial charge in [0.2, 0.25) is 0 Å². The van der Waals surface area contributed by atoms with Crippen molar-refractivity contribution in [3.63, 3.8) is 0 Å². The van der Waals surface area contributed by atoms with Gasteiger partial charge in [-0.3, -0.25) is 4.90 Å². The van der Waals surface area contributed by atoms with E-state index in [2.05, 4.69) is 89.1 Å². The molecule has 0 amide bonds. The second-order valence-electron chi connectivity index (χ2n) is 14.7. The van der Waals surface area contributed by atoms with Crippen LogP contribution in [0.1, 0.15) is 11.1 Å². The predicted octanol–water partition coefficient (Wildman–Crippen LogP) is 7.14. The average Bonchev–Trinajstić information content (AvgIpc) is 3.66. The van der Waals surface area contributed by atoms with E-state index >= 15 is 4.39 Å². The molecule has 2 aromatic carbocycles. The van der Waals surface area contributed by atoms with Crippen LogP contribution in [-0.4, -0.2) is 83.7 Å². The first-order valence-electron chi connectivity index (χ1n) is 16.8. The molecule has 0 aliphatic carbocycles. The Morgan fingerprint density at radius 2 is 1.86 bits per heavy atom. The third-order valence-corrected chi connectivity index (χ3v) is 10.6. The number of benzene rings is 2. The third kappa shape index (κ3) is 9.28. The Hall–Kier alpha value is -4.20. The number of ether oxygens (including phenoxy) is 2. The topological polar surface area (TPSA) is 106 Å². The van der Waals surface area contributed by atoms with Crippen LogP contribution in [0, 0.1) is 17.3 Å². The Balaban J connectivity index is 1.29. The number of hydrogen-bond acceptors (Lipinski definition) is 8. The first-order valence-corrected chi connectivity index (χ1v) is 24.0. The molecule has 13 heteroatoms. The van der Waals surface area contributed by atoms with E-state index in [0.717, 1.165) is 49.9 Å². The number of nitrogens with one attached hydrogen (secondary N) is 2. The lowest BCUT2D eigenvalue weighted by Gasteiger charge is -2.26. The summed E-state index contributed by atoms with van der Waals surface area (Å²) in [5, 5.41) is 8.28. The first kappa shape index (κ1) is 34.7. The van der Waals surface area contributed by atoms with Crippen LogP contribution in [-0.2, 0) is 22.7 Å². The number of nitrogens with zero attached hydrogens (tertiary/aromatic N) is 6. The highest BCUT2D eigenvalue weighted by Gasteiger charge is 2.19. The average molecular weight is 697 g/mol. The van der Waals surface area contributed by atoms with Crippen LogP contribution in [0.25, 0.3) is 33.9 Å². The van der Waals surface area contributed by atoms with Crippen molar-refractivity contribution in [2.45, 2.75) is 58.6 Å². The first-order chi connectivity index (χ1) is 23.4. The Morgan fingerprint density at radius 3 is 2.63 bits per heavy atom. The maximum atomic E-state index is 15.6. The van der Waals surface area contributed by atoms with Gasteiger partial charge in [0.15, 0.2) is 17.3 Å². The monoisotopic (exact) mass is 696 g/mol. The number of imidazole rings is 1. The molecule has 256 valence electrons. The van der Waals surface area contributed by atoms with E-state index in [1.54, 1.807) is 35.1 Å². The van der Waals surface area contributed by atoms with Gasteiger partial charge >= 0.3 is 0 Å². The molecule has 1 fully saturated rings. The minimum absolute atomic E-state index is 0.263. The largest absolute Gasteiger partial charge is 0.379 e. The van der Waals surface area contributed by atoms with Crippen LogP contribution in [0.2, 0.25) is 45.3 Å². The smallest absolute Gasteiger partial charge is 0.164 e. The van der Waals surface area contributed by atoms with Crippen molar-refractivity contribution in [1.29, 1.82) is 0 Å². The molecule has 0 unspecified atom stereocenters. The molecule has 3 aromatic heterocycles. The third-order valence-electron chi connectivity index (χ3n) is 7.99. The van der Waals surface area contributed by atoms with E-state index in [9.17, 15) is 0 Å². The number of rotatable bonds is 11. The van der Waals surface area contributed by atoms with Crippen molar-refractivity contribution >= 4 is 38.7 Å². The summed E-state index contributed by atoms with van der Waals surface area (Å²) in [6.45, 7) is 18.6. The molecule has 1 saturated heterocycles. The maximum absolute atomic E-state index is 15.6. The van der Waals surface area contributed by atoms with Crippen molar-refractivity contribution in [2.75, 3.05) is 38.2 Å². The Labute approximate surface area is 289 Å². The Kier molecular flexibility index (Phi) is 10.4. The summed E-state index contributed by atoms with van der Waals surface area (Å²) in [6.07, 6.45) is 3.50. The van der Waals surface area contributed by atoms with Crippen LogP contribution in [0.4, 0.5) is 15.9 Å². The van der Waals surface area contributed by atoms with Gasteiger partial charge in [0.05, 0.1) is 47.3 Å². The van der Waals surface area contributed by atoms with Gasteiger partial charge in [-0.05, 0) is 41.9 Å². The molecular formula is C36H45FN8O2Si2. The number of aromatic nitrogens is 6. The zero-order chi connectivity index (χ0) is 34.6. The number of halogens is 1. The van der Waals surface area contributed by atoms with Crippen LogP contribution in [0.3, 0.4) is 0 Å². The summed E-state index contributed by atoms with van der Waals surface area (Å²) >= 11 is 0. The summed E-state index contributed by atoms with van der Waals surface area (Å²) in [5.74, 6) is 3.99. The van der Waals surface area contributed by atoms with Crippen LogP contribution < -0.4 is 5.32 Å². The summed E-state index contributed by atoms with van der Waals surface area (Å²) in [6, 6.07) is 14.3. The molecule has 1 aliphatic rings. The Bertz CT molecular complexity index is 1980. The molecule has 6 rings (SSSR count). The molecule has 0 radical (unpaired) electrons. The quantitative estimate of drug-likeness (QED) is 0.0854. The van der Waals surface area contributed by atoms with E-state index < -0.39 is 22.0 Å². The summed E-state index contributed by atoms with van der Waals surface area (Å²) in [7, 11) is -2.92. The zero-order valence-corrected chi connectivity index (χ0v) is 31.2. The fourth-order valence-electron chi connectivity index (χ4n) is 5.32. The molecule has 5 aromatic rings. The second kappa shape index (κ2) is 14.7. The van der Waals surface area contributed by atoms with Gasteiger partial charge in [-0.15, -0.1) is 5.54 Å².